The normalized spacial score (nSPS) is 10.7. The number of hydrogen-bond donors (Lipinski definition) is 2. The molecular formula is C15H21N5O2. The van der Waals surface area contributed by atoms with Crippen LogP contribution in [0.25, 0.3) is 0 Å². The highest BCUT2D eigenvalue weighted by Gasteiger charge is 2.10. The Bertz CT molecular complexity index is 610. The van der Waals surface area contributed by atoms with Crippen LogP contribution in [0.5, 0.6) is 0 Å². The van der Waals surface area contributed by atoms with Gasteiger partial charge in [-0.25, -0.2) is 9.97 Å². The number of carbonyl (C=O) groups excluding carboxylic acids is 1. The van der Waals surface area contributed by atoms with Gasteiger partial charge in [0.1, 0.15) is 23.1 Å². The summed E-state index contributed by atoms with van der Waals surface area (Å²) in [6.07, 6.45) is 1.62. The topological polar surface area (TPSA) is 83.3 Å². The third-order valence-electron chi connectivity index (χ3n) is 2.94. The number of hydrogen-bond acceptors (Lipinski definition) is 6. The summed E-state index contributed by atoms with van der Waals surface area (Å²) in [5.41, 5.74) is 0.355. The zero-order valence-corrected chi connectivity index (χ0v) is 13.1. The number of rotatable bonds is 7. The number of furan rings is 1. The SMILES string of the molecule is Cc1nc(NCc2ccco2)cc(C(=O)NCCN(C)C)n1. The number of nitrogens with zero attached hydrogens (tertiary/aromatic N) is 3. The predicted molar refractivity (Wildman–Crippen MR) is 83.7 cm³/mol. The Balaban J connectivity index is 1.98. The van der Waals surface area contributed by atoms with E-state index in [2.05, 4.69) is 20.6 Å². The molecule has 0 aliphatic rings. The van der Waals surface area contributed by atoms with E-state index in [0.29, 0.717) is 30.4 Å². The Morgan fingerprint density at radius 3 is 2.86 bits per heavy atom. The Morgan fingerprint density at radius 1 is 1.36 bits per heavy atom. The van der Waals surface area contributed by atoms with Crippen LogP contribution in [0.15, 0.2) is 28.9 Å². The molecule has 2 N–H and O–H groups in total. The van der Waals surface area contributed by atoms with Crippen molar-refractivity contribution in [3.05, 3.63) is 41.7 Å². The van der Waals surface area contributed by atoms with Crippen molar-refractivity contribution in [3.8, 4) is 0 Å². The maximum absolute atomic E-state index is 12.1. The van der Waals surface area contributed by atoms with Crippen molar-refractivity contribution < 1.29 is 9.21 Å². The quantitative estimate of drug-likeness (QED) is 0.802. The van der Waals surface area contributed by atoms with E-state index in [1.54, 1.807) is 19.3 Å². The predicted octanol–water partition coefficient (Wildman–Crippen LogP) is 1.28. The number of anilines is 1. The molecule has 7 heteroatoms. The number of amides is 1. The van der Waals surface area contributed by atoms with Gasteiger partial charge in [0.2, 0.25) is 0 Å². The van der Waals surface area contributed by atoms with E-state index in [-0.39, 0.29) is 5.91 Å². The first-order chi connectivity index (χ1) is 10.5. The minimum Gasteiger partial charge on any atom is -0.467 e. The lowest BCUT2D eigenvalue weighted by Crippen LogP contribution is -2.32. The van der Waals surface area contributed by atoms with Crippen LogP contribution in [0.2, 0.25) is 0 Å². The first kappa shape index (κ1) is 16.0. The van der Waals surface area contributed by atoms with Crippen molar-refractivity contribution in [3.63, 3.8) is 0 Å². The van der Waals surface area contributed by atoms with E-state index < -0.39 is 0 Å². The van der Waals surface area contributed by atoms with Crippen LogP contribution >= 0.6 is 0 Å². The van der Waals surface area contributed by atoms with Gasteiger partial charge in [-0.1, -0.05) is 0 Å². The summed E-state index contributed by atoms with van der Waals surface area (Å²) >= 11 is 0. The van der Waals surface area contributed by atoms with Crippen molar-refractivity contribution >= 4 is 11.7 Å². The Labute approximate surface area is 129 Å². The van der Waals surface area contributed by atoms with Crippen LogP contribution in [-0.4, -0.2) is 48.0 Å². The van der Waals surface area contributed by atoms with Gasteiger partial charge in [-0.05, 0) is 33.2 Å². The lowest BCUT2D eigenvalue weighted by atomic mass is 10.3. The van der Waals surface area contributed by atoms with Crippen LogP contribution in [0, 0.1) is 6.92 Å². The van der Waals surface area contributed by atoms with E-state index in [1.165, 1.54) is 0 Å². The summed E-state index contributed by atoms with van der Waals surface area (Å²) in [5.74, 6) is 1.74. The smallest absolute Gasteiger partial charge is 0.270 e. The second kappa shape index (κ2) is 7.56. The van der Waals surface area contributed by atoms with Gasteiger partial charge >= 0.3 is 0 Å². The molecule has 0 bridgehead atoms. The lowest BCUT2D eigenvalue weighted by molar-refractivity contribution is 0.0945. The summed E-state index contributed by atoms with van der Waals surface area (Å²) in [6, 6.07) is 5.34. The van der Waals surface area contributed by atoms with Crippen molar-refractivity contribution in [2.75, 3.05) is 32.5 Å². The van der Waals surface area contributed by atoms with Crippen molar-refractivity contribution in [2.45, 2.75) is 13.5 Å². The highest BCUT2D eigenvalue weighted by molar-refractivity contribution is 5.92. The second-order valence-electron chi connectivity index (χ2n) is 5.18. The first-order valence-electron chi connectivity index (χ1n) is 7.09. The molecule has 2 rings (SSSR count). The molecule has 0 aromatic carbocycles. The van der Waals surface area contributed by atoms with Gasteiger partial charge in [-0.3, -0.25) is 4.79 Å². The fourth-order valence-electron chi connectivity index (χ4n) is 1.85. The summed E-state index contributed by atoms with van der Waals surface area (Å²) in [6.45, 7) is 3.61. The zero-order chi connectivity index (χ0) is 15.9. The van der Waals surface area contributed by atoms with Gasteiger partial charge in [0.25, 0.3) is 5.91 Å². The molecule has 118 valence electrons. The van der Waals surface area contributed by atoms with Gasteiger partial charge in [0.15, 0.2) is 0 Å². The molecule has 0 fully saturated rings. The van der Waals surface area contributed by atoms with Crippen LogP contribution in [-0.2, 0) is 6.54 Å². The first-order valence-corrected chi connectivity index (χ1v) is 7.09. The van der Waals surface area contributed by atoms with Crippen molar-refractivity contribution in [1.29, 1.82) is 0 Å². The third kappa shape index (κ3) is 4.85. The molecule has 2 heterocycles. The number of nitrogens with one attached hydrogen (secondary N) is 2. The molecule has 0 saturated carbocycles. The fourth-order valence-corrected chi connectivity index (χ4v) is 1.85. The molecule has 1 amide bonds. The zero-order valence-electron chi connectivity index (χ0n) is 13.1. The largest absolute Gasteiger partial charge is 0.467 e. The van der Waals surface area contributed by atoms with E-state index in [1.807, 2.05) is 31.1 Å². The van der Waals surface area contributed by atoms with Crippen LogP contribution < -0.4 is 10.6 Å². The number of aromatic nitrogens is 2. The van der Waals surface area contributed by atoms with Crippen molar-refractivity contribution in [1.82, 2.24) is 20.2 Å². The van der Waals surface area contributed by atoms with Gasteiger partial charge in [-0.15, -0.1) is 0 Å². The molecule has 0 unspecified atom stereocenters. The highest BCUT2D eigenvalue weighted by atomic mass is 16.3. The van der Waals surface area contributed by atoms with Gasteiger partial charge in [0, 0.05) is 19.2 Å². The number of likely N-dealkylation sites (N-methyl/N-ethyl adjacent to an activating group) is 1. The summed E-state index contributed by atoms with van der Waals surface area (Å²) in [5, 5.41) is 5.96. The summed E-state index contributed by atoms with van der Waals surface area (Å²) in [7, 11) is 3.91. The lowest BCUT2D eigenvalue weighted by Gasteiger charge is -2.11. The second-order valence-corrected chi connectivity index (χ2v) is 5.18. The highest BCUT2D eigenvalue weighted by Crippen LogP contribution is 2.09. The fraction of sp³-hybridized carbons (Fsp3) is 0.400. The van der Waals surface area contributed by atoms with Gasteiger partial charge in [0.05, 0.1) is 12.8 Å². The minimum atomic E-state index is -0.201. The van der Waals surface area contributed by atoms with Crippen molar-refractivity contribution in [2.24, 2.45) is 0 Å². The van der Waals surface area contributed by atoms with Crippen LogP contribution in [0.1, 0.15) is 22.1 Å². The molecule has 2 aromatic rings. The van der Waals surface area contributed by atoms with E-state index in [4.69, 9.17) is 4.42 Å². The monoisotopic (exact) mass is 303 g/mol. The maximum Gasteiger partial charge on any atom is 0.270 e. The molecule has 0 aliphatic heterocycles. The maximum atomic E-state index is 12.1. The van der Waals surface area contributed by atoms with Crippen LogP contribution in [0.4, 0.5) is 5.82 Å². The number of carbonyl (C=O) groups is 1. The number of aryl methyl sites for hydroxylation is 1. The molecule has 0 saturated heterocycles. The molecule has 0 radical (unpaired) electrons. The van der Waals surface area contributed by atoms with E-state index in [9.17, 15) is 4.79 Å². The van der Waals surface area contributed by atoms with Gasteiger partial charge in [-0.2, -0.15) is 0 Å². The van der Waals surface area contributed by atoms with Gasteiger partial charge < -0.3 is 20.0 Å². The Morgan fingerprint density at radius 2 is 2.18 bits per heavy atom. The molecule has 0 atom stereocenters. The van der Waals surface area contributed by atoms with E-state index in [0.717, 1.165) is 12.3 Å². The average Bonchev–Trinajstić information content (AvgIpc) is 2.97. The molecule has 0 spiro atoms. The summed E-state index contributed by atoms with van der Waals surface area (Å²) < 4.78 is 5.25. The van der Waals surface area contributed by atoms with Crippen LogP contribution in [0.3, 0.4) is 0 Å². The molecule has 0 aliphatic carbocycles. The molecule has 2 aromatic heterocycles. The minimum absolute atomic E-state index is 0.201. The van der Waals surface area contributed by atoms with E-state index >= 15 is 0 Å². The standard InChI is InChI=1S/C15H21N5O2/c1-11-18-13(15(21)16-6-7-20(2)3)9-14(19-11)17-10-12-5-4-8-22-12/h4-5,8-9H,6-7,10H2,1-3H3,(H,16,21)(H,17,18,19). The average molecular weight is 303 g/mol. The molecule has 7 nitrogen and oxygen atoms in total. The Hall–Kier alpha value is -2.41. The summed E-state index contributed by atoms with van der Waals surface area (Å²) in [4.78, 5) is 22.5. The third-order valence-corrected chi connectivity index (χ3v) is 2.94. The molecular weight excluding hydrogens is 282 g/mol. The Kier molecular flexibility index (Phi) is 5.48. The molecule has 22 heavy (non-hydrogen) atoms.